The zero-order valence-corrected chi connectivity index (χ0v) is 11.5. The lowest BCUT2D eigenvalue weighted by Crippen LogP contribution is -2.33. The van der Waals surface area contributed by atoms with Crippen molar-refractivity contribution < 1.29 is 9.21 Å². The topological polar surface area (TPSA) is 94.0 Å². The van der Waals surface area contributed by atoms with Crippen LogP contribution in [0.5, 0.6) is 0 Å². The molecule has 0 saturated heterocycles. The highest BCUT2D eigenvalue weighted by Gasteiger charge is 2.20. The van der Waals surface area contributed by atoms with Crippen molar-refractivity contribution in [2.75, 3.05) is 11.9 Å². The lowest BCUT2D eigenvalue weighted by atomic mass is 9.95. The maximum Gasteiger partial charge on any atom is 0.247 e. The number of rotatable bonds is 5. The molecule has 0 radical (unpaired) electrons. The number of carbonyl (C=O) groups is 1. The normalized spacial score (nSPS) is 12.4. The third-order valence-corrected chi connectivity index (χ3v) is 3.15. The Labute approximate surface area is 117 Å². The second-order valence-corrected chi connectivity index (χ2v) is 4.90. The summed E-state index contributed by atoms with van der Waals surface area (Å²) >= 11 is 0. The molecule has 1 aromatic carbocycles. The molecule has 1 aromatic heterocycles. The molecule has 6 heteroatoms. The number of nitrogens with zero attached hydrogens (tertiary/aromatic N) is 2. The second-order valence-electron chi connectivity index (χ2n) is 4.90. The minimum Gasteiger partial charge on any atom is -0.423 e. The first-order valence-electron chi connectivity index (χ1n) is 6.49. The van der Waals surface area contributed by atoms with Gasteiger partial charge in [-0.05, 0) is 30.2 Å². The van der Waals surface area contributed by atoms with Gasteiger partial charge in [0.05, 0.1) is 5.92 Å². The SMILES string of the molecule is CC(C)C(CN)C(=O)Nc1ccc(-c2nnco2)cc1. The maximum absolute atomic E-state index is 12.1. The Bertz CT molecular complexity index is 549. The molecule has 20 heavy (non-hydrogen) atoms. The first kappa shape index (κ1) is 14.2. The van der Waals surface area contributed by atoms with Gasteiger partial charge in [0.15, 0.2) is 0 Å². The van der Waals surface area contributed by atoms with Crippen molar-refractivity contribution in [3.05, 3.63) is 30.7 Å². The van der Waals surface area contributed by atoms with Crippen LogP contribution in [0.15, 0.2) is 35.1 Å². The summed E-state index contributed by atoms with van der Waals surface area (Å²) in [6.45, 7) is 4.30. The van der Waals surface area contributed by atoms with Gasteiger partial charge < -0.3 is 15.5 Å². The number of hydrogen-bond donors (Lipinski definition) is 2. The van der Waals surface area contributed by atoms with Crippen LogP contribution in [0.2, 0.25) is 0 Å². The molecule has 0 saturated carbocycles. The van der Waals surface area contributed by atoms with E-state index < -0.39 is 0 Å². The van der Waals surface area contributed by atoms with Crippen LogP contribution in [0.4, 0.5) is 5.69 Å². The predicted octanol–water partition coefficient (Wildman–Crippen LogP) is 1.91. The quantitative estimate of drug-likeness (QED) is 0.868. The first-order chi connectivity index (χ1) is 9.61. The van der Waals surface area contributed by atoms with Crippen molar-refractivity contribution in [3.63, 3.8) is 0 Å². The van der Waals surface area contributed by atoms with Gasteiger partial charge in [-0.1, -0.05) is 13.8 Å². The highest BCUT2D eigenvalue weighted by molar-refractivity contribution is 5.93. The van der Waals surface area contributed by atoms with Gasteiger partial charge in [0.25, 0.3) is 0 Å². The molecule has 1 atom stereocenters. The van der Waals surface area contributed by atoms with E-state index in [1.54, 1.807) is 12.1 Å². The van der Waals surface area contributed by atoms with E-state index >= 15 is 0 Å². The monoisotopic (exact) mass is 274 g/mol. The molecule has 0 aliphatic rings. The Balaban J connectivity index is 2.06. The van der Waals surface area contributed by atoms with Gasteiger partial charge in [-0.15, -0.1) is 10.2 Å². The van der Waals surface area contributed by atoms with E-state index in [0.717, 1.165) is 11.3 Å². The summed E-state index contributed by atoms with van der Waals surface area (Å²) in [7, 11) is 0. The van der Waals surface area contributed by atoms with Gasteiger partial charge in [-0.2, -0.15) is 0 Å². The van der Waals surface area contributed by atoms with Gasteiger partial charge in [0.2, 0.25) is 18.2 Å². The lowest BCUT2D eigenvalue weighted by Gasteiger charge is -2.18. The number of hydrogen-bond acceptors (Lipinski definition) is 5. The molecular formula is C14H18N4O2. The summed E-state index contributed by atoms with van der Waals surface area (Å²) in [4.78, 5) is 12.1. The van der Waals surface area contributed by atoms with Crippen molar-refractivity contribution in [2.24, 2.45) is 17.6 Å². The minimum absolute atomic E-state index is 0.0620. The van der Waals surface area contributed by atoms with E-state index in [2.05, 4.69) is 15.5 Å². The molecule has 0 bridgehead atoms. The van der Waals surface area contributed by atoms with E-state index in [1.807, 2.05) is 26.0 Å². The van der Waals surface area contributed by atoms with Crippen molar-refractivity contribution >= 4 is 11.6 Å². The van der Waals surface area contributed by atoms with Crippen LogP contribution in [0.1, 0.15) is 13.8 Å². The number of benzene rings is 1. The van der Waals surface area contributed by atoms with E-state index in [4.69, 9.17) is 10.2 Å². The summed E-state index contributed by atoms with van der Waals surface area (Å²) in [5, 5.41) is 10.3. The zero-order valence-electron chi connectivity index (χ0n) is 11.5. The molecule has 0 aliphatic heterocycles. The van der Waals surface area contributed by atoms with Crippen LogP contribution >= 0.6 is 0 Å². The third-order valence-electron chi connectivity index (χ3n) is 3.15. The molecule has 0 fully saturated rings. The fourth-order valence-corrected chi connectivity index (χ4v) is 1.91. The van der Waals surface area contributed by atoms with Crippen molar-refractivity contribution in [1.82, 2.24) is 10.2 Å². The number of aromatic nitrogens is 2. The number of amides is 1. The van der Waals surface area contributed by atoms with Crippen LogP contribution in [-0.4, -0.2) is 22.6 Å². The van der Waals surface area contributed by atoms with Gasteiger partial charge in [-0.3, -0.25) is 4.79 Å². The summed E-state index contributed by atoms with van der Waals surface area (Å²) in [5.41, 5.74) is 7.15. The fraction of sp³-hybridized carbons (Fsp3) is 0.357. The summed E-state index contributed by atoms with van der Waals surface area (Å²) in [6.07, 6.45) is 1.28. The average Bonchev–Trinajstić information content (AvgIpc) is 2.94. The minimum atomic E-state index is -0.189. The molecule has 3 N–H and O–H groups in total. The average molecular weight is 274 g/mol. The summed E-state index contributed by atoms with van der Waals surface area (Å²) in [5.74, 6) is 0.404. The molecular weight excluding hydrogens is 256 g/mol. The second kappa shape index (κ2) is 6.29. The summed E-state index contributed by atoms with van der Waals surface area (Å²) < 4.78 is 5.10. The number of carbonyl (C=O) groups excluding carboxylic acids is 1. The highest BCUT2D eigenvalue weighted by atomic mass is 16.4. The predicted molar refractivity (Wildman–Crippen MR) is 75.7 cm³/mol. The van der Waals surface area contributed by atoms with Crippen molar-refractivity contribution in [2.45, 2.75) is 13.8 Å². The molecule has 2 rings (SSSR count). The van der Waals surface area contributed by atoms with Gasteiger partial charge in [-0.25, -0.2) is 0 Å². The summed E-state index contributed by atoms with van der Waals surface area (Å²) in [6, 6.07) is 7.22. The largest absolute Gasteiger partial charge is 0.423 e. The lowest BCUT2D eigenvalue weighted by molar-refractivity contribution is -0.120. The fourth-order valence-electron chi connectivity index (χ4n) is 1.91. The van der Waals surface area contributed by atoms with Crippen LogP contribution in [0.3, 0.4) is 0 Å². The smallest absolute Gasteiger partial charge is 0.247 e. The molecule has 2 aromatic rings. The first-order valence-corrected chi connectivity index (χ1v) is 6.49. The Hall–Kier alpha value is -2.21. The van der Waals surface area contributed by atoms with E-state index in [0.29, 0.717) is 12.4 Å². The Morgan fingerprint density at radius 1 is 1.35 bits per heavy atom. The zero-order chi connectivity index (χ0) is 14.5. The van der Waals surface area contributed by atoms with Crippen LogP contribution < -0.4 is 11.1 Å². The van der Waals surface area contributed by atoms with Crippen molar-refractivity contribution in [3.8, 4) is 11.5 Å². The van der Waals surface area contributed by atoms with Crippen molar-refractivity contribution in [1.29, 1.82) is 0 Å². The Morgan fingerprint density at radius 2 is 2.05 bits per heavy atom. The molecule has 0 aliphatic carbocycles. The van der Waals surface area contributed by atoms with E-state index in [-0.39, 0.29) is 17.7 Å². The standard InChI is InChI=1S/C14H18N4O2/c1-9(2)12(7-15)13(19)17-11-5-3-10(4-6-11)14-18-16-8-20-14/h3-6,8-9,12H,7,15H2,1-2H3,(H,17,19). The molecule has 1 unspecified atom stereocenters. The van der Waals surface area contributed by atoms with Crippen LogP contribution in [-0.2, 0) is 4.79 Å². The Morgan fingerprint density at radius 3 is 2.55 bits per heavy atom. The third kappa shape index (κ3) is 3.21. The van der Waals surface area contributed by atoms with Crippen LogP contribution in [0.25, 0.3) is 11.5 Å². The number of nitrogens with one attached hydrogen (secondary N) is 1. The Kier molecular flexibility index (Phi) is 4.47. The molecule has 1 amide bonds. The number of anilines is 1. The van der Waals surface area contributed by atoms with E-state index in [9.17, 15) is 4.79 Å². The molecule has 1 heterocycles. The van der Waals surface area contributed by atoms with Gasteiger partial charge in [0.1, 0.15) is 0 Å². The molecule has 6 nitrogen and oxygen atoms in total. The molecule has 0 spiro atoms. The van der Waals surface area contributed by atoms with E-state index in [1.165, 1.54) is 6.39 Å². The van der Waals surface area contributed by atoms with Crippen LogP contribution in [0, 0.1) is 11.8 Å². The maximum atomic E-state index is 12.1. The number of nitrogens with two attached hydrogens (primary N) is 1. The van der Waals surface area contributed by atoms with Gasteiger partial charge >= 0.3 is 0 Å². The highest BCUT2D eigenvalue weighted by Crippen LogP contribution is 2.20. The van der Waals surface area contributed by atoms with Gasteiger partial charge in [0, 0.05) is 17.8 Å². The molecule has 106 valence electrons.